The summed E-state index contributed by atoms with van der Waals surface area (Å²) >= 11 is 0. The molecule has 0 bridgehead atoms. The molecule has 1 saturated heterocycles. The van der Waals surface area contributed by atoms with Crippen LogP contribution in [0.15, 0.2) is 54.6 Å². The summed E-state index contributed by atoms with van der Waals surface area (Å²) in [5.74, 6) is 0.745. The van der Waals surface area contributed by atoms with E-state index in [1.807, 2.05) is 39.0 Å². The predicted octanol–water partition coefficient (Wildman–Crippen LogP) is 8.18. The Balaban J connectivity index is 1.43. The number of likely N-dealkylation sites (tertiary alicyclic amines) is 1. The van der Waals surface area contributed by atoms with Crippen molar-refractivity contribution in [2.24, 2.45) is 0 Å². The van der Waals surface area contributed by atoms with E-state index in [2.05, 4.69) is 22.5 Å². The first-order valence-electron chi connectivity index (χ1n) is 17.7. The molecule has 1 aliphatic rings. The van der Waals surface area contributed by atoms with Crippen molar-refractivity contribution >= 4 is 23.3 Å². The Hall–Kier alpha value is -4.35. The number of aryl methyl sites for hydroxylation is 1. The summed E-state index contributed by atoms with van der Waals surface area (Å²) in [5, 5.41) is 5.37. The molecule has 0 unspecified atom stereocenters. The first-order chi connectivity index (χ1) is 24.2. The number of carbonyl (C=O) groups is 2. The summed E-state index contributed by atoms with van der Waals surface area (Å²) in [6.07, 6.45) is 6.12. The lowest BCUT2D eigenvalue weighted by Crippen LogP contribution is -2.38. The summed E-state index contributed by atoms with van der Waals surface area (Å²) in [7, 11) is 3.03. The van der Waals surface area contributed by atoms with Gasteiger partial charge in [0.1, 0.15) is 17.6 Å². The normalized spacial score (nSPS) is 13.6. The number of carbonyl (C=O) groups excluding carboxylic acids is 2. The molecule has 1 aliphatic heterocycles. The highest BCUT2D eigenvalue weighted by atomic mass is 19.1. The molecule has 3 amide bonds. The zero-order chi connectivity index (χ0) is 36.0. The number of methoxy groups -OCH3 is 2. The van der Waals surface area contributed by atoms with Gasteiger partial charge in [-0.3, -0.25) is 4.79 Å². The highest BCUT2D eigenvalue weighted by Crippen LogP contribution is 2.36. The second-order valence-electron chi connectivity index (χ2n) is 12.6. The summed E-state index contributed by atoms with van der Waals surface area (Å²) in [4.78, 5) is 30.4. The largest absolute Gasteiger partial charge is 0.493 e. The van der Waals surface area contributed by atoms with Gasteiger partial charge in [-0.1, -0.05) is 27.2 Å². The fourth-order valence-corrected chi connectivity index (χ4v) is 5.94. The number of amides is 3. The van der Waals surface area contributed by atoms with Crippen LogP contribution in [0.3, 0.4) is 0 Å². The van der Waals surface area contributed by atoms with Crippen LogP contribution in [-0.4, -0.2) is 76.0 Å². The first kappa shape index (κ1) is 38.5. The molecule has 0 spiro atoms. The van der Waals surface area contributed by atoms with E-state index in [0.717, 1.165) is 56.6 Å². The number of hydrogen-bond acceptors (Lipinski definition) is 7. The van der Waals surface area contributed by atoms with Gasteiger partial charge < -0.3 is 39.4 Å². The second-order valence-corrected chi connectivity index (χ2v) is 12.6. The van der Waals surface area contributed by atoms with Crippen molar-refractivity contribution in [1.82, 2.24) is 10.2 Å². The van der Waals surface area contributed by atoms with Gasteiger partial charge >= 0.3 is 6.03 Å². The fraction of sp³-hybridized carbons (Fsp3) is 0.487. The smallest absolute Gasteiger partial charge is 0.319 e. The van der Waals surface area contributed by atoms with Crippen molar-refractivity contribution in [3.05, 3.63) is 71.5 Å². The van der Waals surface area contributed by atoms with Gasteiger partial charge in [0.05, 0.1) is 19.4 Å². The summed E-state index contributed by atoms with van der Waals surface area (Å²) < 4.78 is 38.2. The van der Waals surface area contributed by atoms with E-state index in [9.17, 15) is 9.59 Å². The third kappa shape index (κ3) is 10.6. The van der Waals surface area contributed by atoms with E-state index >= 15 is 4.39 Å². The summed E-state index contributed by atoms with van der Waals surface area (Å²) in [6.45, 7) is 12.1. The zero-order valence-electron chi connectivity index (χ0n) is 30.4. The van der Waals surface area contributed by atoms with E-state index in [-0.39, 0.29) is 35.2 Å². The molecule has 3 aromatic carbocycles. The van der Waals surface area contributed by atoms with Crippen LogP contribution in [0.4, 0.5) is 20.6 Å². The second kappa shape index (κ2) is 19.2. The number of hydrogen-bond donors (Lipinski definition) is 2. The number of urea groups is 1. The quantitative estimate of drug-likeness (QED) is 0.147. The van der Waals surface area contributed by atoms with Gasteiger partial charge in [-0.25, -0.2) is 9.18 Å². The molecule has 272 valence electrons. The lowest BCUT2D eigenvalue weighted by atomic mass is 10.1. The van der Waals surface area contributed by atoms with Crippen LogP contribution in [0.5, 0.6) is 23.0 Å². The summed E-state index contributed by atoms with van der Waals surface area (Å²) in [6, 6.07) is 14.6. The van der Waals surface area contributed by atoms with Crippen molar-refractivity contribution in [1.29, 1.82) is 0 Å². The fourth-order valence-electron chi connectivity index (χ4n) is 5.94. The Labute approximate surface area is 296 Å². The van der Waals surface area contributed by atoms with Gasteiger partial charge in [0.15, 0.2) is 17.3 Å². The van der Waals surface area contributed by atoms with Gasteiger partial charge in [-0.15, -0.1) is 0 Å². The molecule has 2 N–H and O–H groups in total. The van der Waals surface area contributed by atoms with E-state index < -0.39 is 11.8 Å². The average Bonchev–Trinajstić information content (AvgIpc) is 3.12. The third-order valence-electron chi connectivity index (χ3n) is 9.04. The van der Waals surface area contributed by atoms with Crippen LogP contribution >= 0.6 is 0 Å². The molecule has 4 rings (SSSR count). The lowest BCUT2D eigenvalue weighted by Gasteiger charge is -2.32. The maximum Gasteiger partial charge on any atom is 0.319 e. The van der Waals surface area contributed by atoms with Crippen molar-refractivity contribution in [3.8, 4) is 23.0 Å². The molecule has 1 heterocycles. The van der Waals surface area contributed by atoms with Gasteiger partial charge in [-0.05, 0) is 93.6 Å². The Morgan fingerprint density at radius 1 is 0.960 bits per heavy atom. The average molecular weight is 693 g/mol. The molecule has 0 radical (unpaired) electrons. The Morgan fingerprint density at radius 2 is 1.68 bits per heavy atom. The lowest BCUT2D eigenvalue weighted by molar-refractivity contribution is 0.0972. The Kier molecular flexibility index (Phi) is 14.7. The number of unbranched alkanes of at least 4 members (excludes halogenated alkanes) is 1. The van der Waals surface area contributed by atoms with Gasteiger partial charge in [0.2, 0.25) is 0 Å². The zero-order valence-corrected chi connectivity index (χ0v) is 30.4. The standard InChI is InChI=1S/C39H53FN4O6/c1-7-10-19-43-20-17-32(18-21-43)49-35-16-11-28(24-27(35)4)38(45)44(22-23-47-5)30-12-14-31(15-13-30)50-37-25-33(40)34(26-36(37)48-6)42-39(46)41-29(8-2)9-3/h11-16,24-26,29,32H,7-10,17-23H2,1-6H3,(H2,41,42,46). The number of nitrogens with zero attached hydrogens (tertiary/aromatic N) is 2. The van der Waals surface area contributed by atoms with Crippen molar-refractivity contribution in [3.63, 3.8) is 0 Å². The van der Waals surface area contributed by atoms with Crippen molar-refractivity contribution in [2.45, 2.75) is 78.4 Å². The van der Waals surface area contributed by atoms with Crippen molar-refractivity contribution < 1.29 is 32.9 Å². The highest BCUT2D eigenvalue weighted by Gasteiger charge is 2.23. The molecule has 1 fully saturated rings. The molecule has 0 atom stereocenters. The van der Waals surface area contributed by atoms with Crippen LogP contribution in [0, 0.1) is 12.7 Å². The number of halogens is 1. The minimum atomic E-state index is -0.673. The SMILES string of the molecule is CCCCN1CCC(Oc2ccc(C(=O)N(CCOC)c3ccc(Oc4cc(F)c(NC(=O)NC(CC)CC)cc4OC)cc3)cc2C)CC1. The van der Waals surface area contributed by atoms with Crippen LogP contribution in [0.1, 0.15) is 75.2 Å². The van der Waals surface area contributed by atoms with E-state index in [0.29, 0.717) is 30.2 Å². The minimum absolute atomic E-state index is 0.0104. The van der Waals surface area contributed by atoms with Crippen LogP contribution in [0.25, 0.3) is 0 Å². The maximum absolute atomic E-state index is 15.0. The number of anilines is 2. The van der Waals surface area contributed by atoms with Gasteiger partial charge in [0.25, 0.3) is 5.91 Å². The Bertz CT molecular complexity index is 1540. The molecule has 3 aromatic rings. The third-order valence-corrected chi connectivity index (χ3v) is 9.04. The number of benzene rings is 3. The molecule has 50 heavy (non-hydrogen) atoms. The minimum Gasteiger partial charge on any atom is -0.493 e. The molecular weight excluding hydrogens is 639 g/mol. The number of piperidine rings is 1. The molecule has 10 nitrogen and oxygen atoms in total. The topological polar surface area (TPSA) is 102 Å². The Morgan fingerprint density at radius 3 is 2.30 bits per heavy atom. The maximum atomic E-state index is 15.0. The first-order valence-corrected chi connectivity index (χ1v) is 17.7. The molecular formula is C39H53FN4O6. The van der Waals surface area contributed by atoms with Crippen LogP contribution in [-0.2, 0) is 4.74 Å². The van der Waals surface area contributed by atoms with E-state index in [1.54, 1.807) is 36.3 Å². The number of nitrogens with one attached hydrogen (secondary N) is 2. The van der Waals surface area contributed by atoms with Crippen LogP contribution in [0.2, 0.25) is 0 Å². The van der Waals surface area contributed by atoms with Crippen LogP contribution < -0.4 is 29.7 Å². The molecule has 0 aliphatic carbocycles. The van der Waals surface area contributed by atoms with Gasteiger partial charge in [-0.2, -0.15) is 0 Å². The highest BCUT2D eigenvalue weighted by molar-refractivity contribution is 6.06. The van der Waals surface area contributed by atoms with Gasteiger partial charge in [0, 0.05) is 56.2 Å². The molecule has 0 saturated carbocycles. The van der Waals surface area contributed by atoms with Crippen molar-refractivity contribution in [2.75, 3.05) is 57.2 Å². The summed E-state index contributed by atoms with van der Waals surface area (Å²) in [5.41, 5.74) is 2.07. The monoisotopic (exact) mass is 692 g/mol. The number of rotatable bonds is 17. The molecule has 11 heteroatoms. The van der Waals surface area contributed by atoms with E-state index in [4.69, 9.17) is 18.9 Å². The number of ether oxygens (including phenoxy) is 4. The molecule has 0 aromatic heterocycles. The van der Waals surface area contributed by atoms with E-state index in [1.165, 1.54) is 32.1 Å². The predicted molar refractivity (Wildman–Crippen MR) is 196 cm³/mol.